The van der Waals surface area contributed by atoms with Crippen LogP contribution in [0.3, 0.4) is 0 Å². The number of thioether (sulfide) groups is 1. The van der Waals surface area contributed by atoms with Crippen LogP contribution in [0.2, 0.25) is 5.02 Å². The number of hydrogen-bond donors (Lipinski definition) is 0. The third-order valence-electron chi connectivity index (χ3n) is 10.3. The van der Waals surface area contributed by atoms with Gasteiger partial charge in [0.25, 0.3) is 0 Å². The summed E-state index contributed by atoms with van der Waals surface area (Å²) < 4.78 is 42.3. The molecule has 2 saturated heterocycles. The van der Waals surface area contributed by atoms with Crippen LogP contribution < -0.4 is 10.6 Å². The van der Waals surface area contributed by atoms with Crippen molar-refractivity contribution in [2.75, 3.05) is 43.4 Å². The summed E-state index contributed by atoms with van der Waals surface area (Å²) in [4.78, 5) is 50.8. The van der Waals surface area contributed by atoms with Gasteiger partial charge in [-0.05, 0) is 76.6 Å². The van der Waals surface area contributed by atoms with Crippen molar-refractivity contribution in [2.45, 2.75) is 76.1 Å². The topological polar surface area (TPSA) is 97.2 Å². The lowest BCUT2D eigenvalue weighted by Crippen LogP contribution is -2.55. The fraction of sp³-hybridized carbons (Fsp3) is 0.450. The first-order chi connectivity index (χ1) is 25.8. The summed E-state index contributed by atoms with van der Waals surface area (Å²) in [5.41, 5.74) is 1.02. The number of rotatable bonds is 6. The number of halogens is 3. The van der Waals surface area contributed by atoms with Crippen LogP contribution in [-0.4, -0.2) is 81.7 Å². The van der Waals surface area contributed by atoms with Gasteiger partial charge in [-0.3, -0.25) is 4.57 Å². The molecule has 3 aliphatic rings. The largest absolute Gasteiger partial charge is 0.445 e. The van der Waals surface area contributed by atoms with Crippen LogP contribution >= 0.6 is 23.4 Å². The van der Waals surface area contributed by atoms with E-state index in [1.54, 1.807) is 20.4 Å². The van der Waals surface area contributed by atoms with Crippen molar-refractivity contribution < 1.29 is 27.8 Å². The van der Waals surface area contributed by atoms with Gasteiger partial charge in [0, 0.05) is 78.0 Å². The van der Waals surface area contributed by atoms with Crippen molar-refractivity contribution in [3.63, 3.8) is 0 Å². The number of aromatic nitrogens is 2. The Hall–Kier alpha value is -4.36. The number of carbonyl (C=O) groups is 2. The van der Waals surface area contributed by atoms with Crippen LogP contribution in [0.5, 0.6) is 0 Å². The molecule has 0 spiro atoms. The molecule has 0 saturated carbocycles. The molecule has 2 fully saturated rings. The van der Waals surface area contributed by atoms with Gasteiger partial charge in [0.05, 0.1) is 10.5 Å². The lowest BCUT2D eigenvalue weighted by molar-refractivity contribution is 0.0218. The second-order valence-corrected chi connectivity index (χ2v) is 16.7. The molecule has 54 heavy (non-hydrogen) atoms. The molecule has 14 heteroatoms. The van der Waals surface area contributed by atoms with Gasteiger partial charge in [0.15, 0.2) is 0 Å². The normalized spacial score (nSPS) is 19.3. The second kappa shape index (κ2) is 15.4. The van der Waals surface area contributed by atoms with Crippen molar-refractivity contribution in [2.24, 2.45) is 5.92 Å². The maximum Gasteiger partial charge on any atom is 0.410 e. The highest BCUT2D eigenvalue weighted by Crippen LogP contribution is 2.49. The zero-order valence-electron chi connectivity index (χ0n) is 30.8. The zero-order valence-corrected chi connectivity index (χ0v) is 32.4. The summed E-state index contributed by atoms with van der Waals surface area (Å²) in [6, 6.07) is 14.3. The minimum Gasteiger partial charge on any atom is -0.445 e. The molecule has 286 valence electrons. The lowest BCUT2D eigenvalue weighted by Gasteiger charge is -2.41. The van der Waals surface area contributed by atoms with Gasteiger partial charge < -0.3 is 24.2 Å². The number of carbonyl (C=O) groups excluding carboxylic acids is 2. The van der Waals surface area contributed by atoms with Crippen molar-refractivity contribution >= 4 is 52.3 Å². The van der Waals surface area contributed by atoms with Gasteiger partial charge in [0.1, 0.15) is 29.7 Å². The van der Waals surface area contributed by atoms with E-state index in [0.29, 0.717) is 72.1 Å². The summed E-state index contributed by atoms with van der Waals surface area (Å²) in [6.07, 6.45) is 1.45. The first-order valence-corrected chi connectivity index (χ1v) is 19.7. The number of anilines is 1. The minimum atomic E-state index is -0.751. The van der Waals surface area contributed by atoms with E-state index in [2.05, 4.69) is 4.98 Å². The summed E-state index contributed by atoms with van der Waals surface area (Å²) >= 11 is 8.50. The molecule has 3 aliphatic heterocycles. The van der Waals surface area contributed by atoms with E-state index in [0.717, 1.165) is 24.5 Å². The molecule has 1 aromatic heterocycles. The Labute approximate surface area is 322 Å². The first kappa shape index (κ1) is 37.9. The van der Waals surface area contributed by atoms with Gasteiger partial charge >= 0.3 is 17.9 Å². The van der Waals surface area contributed by atoms with E-state index in [1.165, 1.54) is 23.9 Å². The Kier molecular flexibility index (Phi) is 10.8. The predicted molar refractivity (Wildman–Crippen MR) is 206 cm³/mol. The number of hydrogen-bond acceptors (Lipinski definition) is 8. The average Bonchev–Trinajstić information content (AvgIpc) is 3.13. The Bertz CT molecular complexity index is 2120. The SMILES string of the molecule is C[C@H]1CN(C(=O)OC(C)(C)C)CCN1c1nc(=O)n2c3c(c(-c4ccc(F)cc4F)c(Cl)cc13)SC[C@@H]2CC1CCN(C(=O)OCc2ccccc2)CC1. The number of nitrogens with zero attached hydrogens (tertiary/aromatic N) is 5. The maximum absolute atomic E-state index is 15.4. The van der Waals surface area contributed by atoms with E-state index in [1.807, 2.05) is 62.9 Å². The fourth-order valence-corrected chi connectivity index (χ4v) is 9.42. The lowest BCUT2D eigenvalue weighted by atomic mass is 9.90. The molecule has 10 nitrogen and oxygen atoms in total. The standard InChI is InChI=1S/C40H44ClF2N5O5S/c1-24-21-46(39(51)53-40(2,3)4)16-17-47(24)36-30-20-31(41)33(29-11-10-27(42)19-32(29)43)35-34(30)48(37(49)44-36)28(23-54-35)18-25-12-14-45(15-13-25)38(50)52-22-26-8-6-5-7-9-26/h5-11,19-20,24-25,28H,12-18,21-23H2,1-4H3/t24-,28-/m0/s1. The van der Waals surface area contributed by atoms with Crippen molar-refractivity contribution in [3.8, 4) is 11.1 Å². The summed E-state index contributed by atoms with van der Waals surface area (Å²) in [5, 5.41) is 0.903. The van der Waals surface area contributed by atoms with Crippen molar-refractivity contribution in [1.29, 1.82) is 0 Å². The first-order valence-electron chi connectivity index (χ1n) is 18.3. The quantitative estimate of drug-likeness (QED) is 0.192. The Morgan fingerprint density at radius 2 is 1.72 bits per heavy atom. The van der Waals surface area contributed by atoms with E-state index in [4.69, 9.17) is 21.1 Å². The molecule has 0 bridgehead atoms. The maximum atomic E-state index is 15.4. The molecular weight excluding hydrogens is 736 g/mol. The summed E-state index contributed by atoms with van der Waals surface area (Å²) in [6.45, 7) is 9.87. The number of ether oxygens (including phenoxy) is 2. The smallest absolute Gasteiger partial charge is 0.410 e. The third-order valence-corrected chi connectivity index (χ3v) is 11.9. The van der Waals surface area contributed by atoms with Gasteiger partial charge in [-0.1, -0.05) is 41.9 Å². The summed E-state index contributed by atoms with van der Waals surface area (Å²) in [7, 11) is 0. The van der Waals surface area contributed by atoms with Crippen molar-refractivity contribution in [3.05, 3.63) is 87.3 Å². The number of piperidine rings is 1. The van der Waals surface area contributed by atoms with E-state index in [-0.39, 0.29) is 41.3 Å². The highest BCUT2D eigenvalue weighted by molar-refractivity contribution is 7.99. The van der Waals surface area contributed by atoms with Gasteiger partial charge in [-0.25, -0.2) is 23.2 Å². The predicted octanol–water partition coefficient (Wildman–Crippen LogP) is 8.53. The average molecular weight is 780 g/mol. The molecule has 0 aliphatic carbocycles. The molecule has 2 atom stereocenters. The molecule has 2 amide bonds. The summed E-state index contributed by atoms with van der Waals surface area (Å²) in [5.74, 6) is -0.254. The molecule has 0 unspecified atom stereocenters. The van der Waals surface area contributed by atoms with Gasteiger partial charge in [0.2, 0.25) is 0 Å². The number of amides is 2. The van der Waals surface area contributed by atoms with Crippen LogP contribution in [0.1, 0.15) is 58.6 Å². The molecule has 3 aromatic carbocycles. The number of benzene rings is 3. The molecule has 0 radical (unpaired) electrons. The monoisotopic (exact) mass is 779 g/mol. The zero-order chi connectivity index (χ0) is 38.3. The molecular formula is C40H44ClF2N5O5S. The van der Waals surface area contributed by atoms with Crippen LogP contribution in [0.25, 0.3) is 22.0 Å². The Morgan fingerprint density at radius 1 is 0.981 bits per heavy atom. The Balaban J connectivity index is 1.18. The molecule has 4 heterocycles. The van der Waals surface area contributed by atoms with E-state index >= 15 is 4.39 Å². The van der Waals surface area contributed by atoms with Crippen molar-refractivity contribution in [1.82, 2.24) is 19.4 Å². The van der Waals surface area contributed by atoms with Crippen LogP contribution in [0.15, 0.2) is 64.3 Å². The third kappa shape index (κ3) is 7.89. The second-order valence-electron chi connectivity index (χ2n) is 15.3. The molecule has 0 N–H and O–H groups in total. The van der Waals surface area contributed by atoms with E-state index in [9.17, 15) is 18.8 Å². The number of likely N-dealkylation sites (tertiary alicyclic amines) is 1. The van der Waals surface area contributed by atoms with Gasteiger partial charge in [-0.15, -0.1) is 11.8 Å². The highest BCUT2D eigenvalue weighted by atomic mass is 35.5. The fourth-order valence-electron chi connectivity index (χ4n) is 7.71. The minimum absolute atomic E-state index is 0.146. The highest BCUT2D eigenvalue weighted by Gasteiger charge is 2.36. The Morgan fingerprint density at radius 3 is 2.41 bits per heavy atom. The van der Waals surface area contributed by atoms with Crippen LogP contribution in [0, 0.1) is 17.6 Å². The van der Waals surface area contributed by atoms with Crippen LogP contribution in [-0.2, 0) is 16.1 Å². The molecule has 7 rings (SSSR count). The number of piperazine rings is 1. The molecule has 4 aromatic rings. The van der Waals surface area contributed by atoms with Gasteiger partial charge in [-0.2, -0.15) is 4.98 Å². The van der Waals surface area contributed by atoms with E-state index < -0.39 is 29.0 Å². The van der Waals surface area contributed by atoms with Crippen LogP contribution in [0.4, 0.5) is 24.2 Å².